The van der Waals surface area contributed by atoms with Crippen LogP contribution >= 0.6 is 0 Å². The average Bonchev–Trinajstić information content (AvgIpc) is 2.43. The van der Waals surface area contributed by atoms with Gasteiger partial charge < -0.3 is 15.7 Å². The summed E-state index contributed by atoms with van der Waals surface area (Å²) in [6.07, 6.45) is 1.45. The van der Waals surface area contributed by atoms with Crippen molar-refractivity contribution in [3.05, 3.63) is 17.7 Å². The second-order valence-corrected chi connectivity index (χ2v) is 5.77. The SMILES string of the molecule is CNC(=O)C(C)(C)CNc1cnc(C(C)C)nc1C(=O)O. The summed E-state index contributed by atoms with van der Waals surface area (Å²) < 4.78 is 0. The van der Waals surface area contributed by atoms with E-state index in [0.717, 1.165) is 0 Å². The molecule has 1 heterocycles. The molecule has 0 aliphatic carbocycles. The van der Waals surface area contributed by atoms with Crippen molar-refractivity contribution >= 4 is 17.6 Å². The Morgan fingerprint density at radius 1 is 1.38 bits per heavy atom. The van der Waals surface area contributed by atoms with Crippen LogP contribution in [-0.2, 0) is 4.79 Å². The van der Waals surface area contributed by atoms with Gasteiger partial charge in [0.1, 0.15) is 5.82 Å². The molecule has 1 amide bonds. The molecule has 0 aromatic carbocycles. The highest BCUT2D eigenvalue weighted by atomic mass is 16.4. The molecule has 116 valence electrons. The van der Waals surface area contributed by atoms with Crippen LogP contribution in [-0.4, -0.2) is 40.5 Å². The topological polar surface area (TPSA) is 104 Å². The summed E-state index contributed by atoms with van der Waals surface area (Å²) in [7, 11) is 1.56. The number of rotatable bonds is 6. The van der Waals surface area contributed by atoms with Gasteiger partial charge in [-0.05, 0) is 13.8 Å². The zero-order valence-corrected chi connectivity index (χ0v) is 13.0. The summed E-state index contributed by atoms with van der Waals surface area (Å²) in [5, 5.41) is 14.8. The Morgan fingerprint density at radius 3 is 2.48 bits per heavy atom. The monoisotopic (exact) mass is 294 g/mol. The molecule has 0 fully saturated rings. The van der Waals surface area contributed by atoms with Crippen molar-refractivity contribution in [1.82, 2.24) is 15.3 Å². The van der Waals surface area contributed by atoms with E-state index in [0.29, 0.717) is 11.5 Å². The lowest BCUT2D eigenvalue weighted by Gasteiger charge is -2.23. The number of aromatic nitrogens is 2. The van der Waals surface area contributed by atoms with Crippen molar-refractivity contribution in [3.63, 3.8) is 0 Å². The number of amides is 1. The van der Waals surface area contributed by atoms with Crippen LogP contribution in [0.25, 0.3) is 0 Å². The summed E-state index contributed by atoms with van der Waals surface area (Å²) >= 11 is 0. The van der Waals surface area contributed by atoms with E-state index < -0.39 is 11.4 Å². The van der Waals surface area contributed by atoms with Crippen LogP contribution < -0.4 is 10.6 Å². The number of anilines is 1. The summed E-state index contributed by atoms with van der Waals surface area (Å²) in [4.78, 5) is 31.2. The van der Waals surface area contributed by atoms with E-state index in [1.54, 1.807) is 20.9 Å². The van der Waals surface area contributed by atoms with Crippen LogP contribution in [0, 0.1) is 5.41 Å². The second kappa shape index (κ2) is 6.51. The van der Waals surface area contributed by atoms with Crippen molar-refractivity contribution < 1.29 is 14.7 Å². The standard InChI is InChI=1S/C14H22N4O3/c1-8(2)11-16-6-9(10(18-11)12(19)20)17-7-14(3,4)13(21)15-5/h6,8,17H,7H2,1-5H3,(H,15,21)(H,19,20). The fourth-order valence-corrected chi connectivity index (χ4v) is 1.70. The minimum absolute atomic E-state index is 0.0412. The van der Waals surface area contributed by atoms with Crippen molar-refractivity contribution in [2.75, 3.05) is 18.9 Å². The van der Waals surface area contributed by atoms with Crippen molar-refractivity contribution in [3.8, 4) is 0 Å². The van der Waals surface area contributed by atoms with Gasteiger partial charge in [0.15, 0.2) is 5.69 Å². The Balaban J connectivity index is 2.98. The zero-order chi connectivity index (χ0) is 16.2. The number of hydrogen-bond donors (Lipinski definition) is 3. The highest BCUT2D eigenvalue weighted by Crippen LogP contribution is 2.20. The van der Waals surface area contributed by atoms with E-state index in [4.69, 9.17) is 0 Å². The Labute approximate surface area is 124 Å². The number of carboxylic acid groups (broad SMARTS) is 1. The highest BCUT2D eigenvalue weighted by Gasteiger charge is 2.27. The lowest BCUT2D eigenvalue weighted by Crippen LogP contribution is -2.39. The molecule has 7 nitrogen and oxygen atoms in total. The van der Waals surface area contributed by atoms with Crippen molar-refractivity contribution in [2.45, 2.75) is 33.6 Å². The number of carbonyl (C=O) groups is 2. The van der Waals surface area contributed by atoms with Gasteiger partial charge in [-0.15, -0.1) is 0 Å². The zero-order valence-electron chi connectivity index (χ0n) is 13.0. The van der Waals surface area contributed by atoms with Gasteiger partial charge in [0.2, 0.25) is 5.91 Å². The predicted octanol–water partition coefficient (Wildman–Crippen LogP) is 1.48. The van der Waals surface area contributed by atoms with Crippen LogP contribution in [0.5, 0.6) is 0 Å². The normalized spacial score (nSPS) is 11.3. The Hall–Kier alpha value is -2.18. The first kappa shape index (κ1) is 16.9. The van der Waals surface area contributed by atoms with Gasteiger partial charge in [-0.3, -0.25) is 4.79 Å². The largest absolute Gasteiger partial charge is 0.476 e. The maximum Gasteiger partial charge on any atom is 0.356 e. The number of nitrogens with one attached hydrogen (secondary N) is 2. The number of carboxylic acids is 1. The van der Waals surface area contributed by atoms with E-state index in [2.05, 4.69) is 20.6 Å². The van der Waals surface area contributed by atoms with Crippen molar-refractivity contribution in [2.24, 2.45) is 5.41 Å². The van der Waals surface area contributed by atoms with Crippen molar-refractivity contribution in [1.29, 1.82) is 0 Å². The van der Waals surface area contributed by atoms with E-state index in [9.17, 15) is 14.7 Å². The minimum atomic E-state index is -1.13. The average molecular weight is 294 g/mol. The van der Waals surface area contributed by atoms with Gasteiger partial charge in [-0.2, -0.15) is 0 Å². The van der Waals surface area contributed by atoms with Crippen LogP contribution in [0.2, 0.25) is 0 Å². The molecule has 3 N–H and O–H groups in total. The molecule has 7 heteroatoms. The molecule has 0 aliphatic rings. The first-order valence-electron chi connectivity index (χ1n) is 6.75. The maximum absolute atomic E-state index is 11.7. The predicted molar refractivity (Wildman–Crippen MR) is 79.4 cm³/mol. The van der Waals surface area contributed by atoms with Gasteiger partial charge in [0.05, 0.1) is 17.3 Å². The molecular weight excluding hydrogens is 272 g/mol. The highest BCUT2D eigenvalue weighted by molar-refractivity contribution is 5.92. The third kappa shape index (κ3) is 4.14. The molecule has 0 bridgehead atoms. The molecular formula is C14H22N4O3. The summed E-state index contributed by atoms with van der Waals surface area (Å²) in [6, 6.07) is 0. The molecule has 1 aromatic heterocycles. The first-order valence-corrected chi connectivity index (χ1v) is 6.75. The smallest absolute Gasteiger partial charge is 0.356 e. The van der Waals surface area contributed by atoms with Gasteiger partial charge in [0, 0.05) is 19.5 Å². The third-order valence-corrected chi connectivity index (χ3v) is 3.09. The Kier molecular flexibility index (Phi) is 5.23. The summed E-state index contributed by atoms with van der Waals surface area (Å²) in [5.41, 5.74) is -0.452. The van der Waals surface area contributed by atoms with Crippen LogP contribution in [0.4, 0.5) is 5.69 Å². The molecule has 0 aliphatic heterocycles. The van der Waals surface area contributed by atoms with E-state index in [-0.39, 0.29) is 24.1 Å². The molecule has 0 unspecified atom stereocenters. The van der Waals surface area contributed by atoms with E-state index in [1.807, 2.05) is 13.8 Å². The lowest BCUT2D eigenvalue weighted by molar-refractivity contribution is -0.128. The van der Waals surface area contributed by atoms with Gasteiger partial charge in [0.25, 0.3) is 0 Å². The third-order valence-electron chi connectivity index (χ3n) is 3.09. The van der Waals surface area contributed by atoms with Gasteiger partial charge in [-0.1, -0.05) is 13.8 Å². The summed E-state index contributed by atoms with van der Waals surface area (Å²) in [6.45, 7) is 7.59. The van der Waals surface area contributed by atoms with E-state index >= 15 is 0 Å². The number of aromatic carboxylic acids is 1. The fraction of sp³-hybridized carbons (Fsp3) is 0.571. The molecule has 0 atom stereocenters. The van der Waals surface area contributed by atoms with E-state index in [1.165, 1.54) is 6.20 Å². The molecule has 21 heavy (non-hydrogen) atoms. The lowest BCUT2D eigenvalue weighted by atomic mass is 9.92. The molecule has 0 spiro atoms. The molecule has 0 radical (unpaired) electrons. The maximum atomic E-state index is 11.7. The fourth-order valence-electron chi connectivity index (χ4n) is 1.70. The number of carbonyl (C=O) groups excluding carboxylic acids is 1. The molecule has 1 aromatic rings. The number of hydrogen-bond acceptors (Lipinski definition) is 5. The Morgan fingerprint density at radius 2 is 2.00 bits per heavy atom. The second-order valence-electron chi connectivity index (χ2n) is 5.77. The first-order chi connectivity index (χ1) is 9.69. The molecule has 0 saturated heterocycles. The number of nitrogens with zero attached hydrogens (tertiary/aromatic N) is 2. The minimum Gasteiger partial charge on any atom is -0.476 e. The van der Waals surface area contributed by atoms with Crippen LogP contribution in [0.1, 0.15) is 49.9 Å². The van der Waals surface area contributed by atoms with Gasteiger partial charge in [-0.25, -0.2) is 14.8 Å². The molecule has 0 saturated carbocycles. The molecule has 1 rings (SSSR count). The van der Waals surface area contributed by atoms with Crippen LogP contribution in [0.3, 0.4) is 0 Å². The van der Waals surface area contributed by atoms with Crippen LogP contribution in [0.15, 0.2) is 6.20 Å². The van der Waals surface area contributed by atoms with Gasteiger partial charge >= 0.3 is 5.97 Å². The Bertz CT molecular complexity index is 541. The quantitative estimate of drug-likeness (QED) is 0.734. The summed E-state index contributed by atoms with van der Waals surface area (Å²) in [5.74, 6) is -0.742.